The molecule has 0 radical (unpaired) electrons. The first-order chi connectivity index (χ1) is 14.9. The van der Waals surface area contributed by atoms with Gasteiger partial charge in [-0.25, -0.2) is 13.4 Å². The Balaban J connectivity index is 1.63. The van der Waals surface area contributed by atoms with Gasteiger partial charge < -0.3 is 9.72 Å². The summed E-state index contributed by atoms with van der Waals surface area (Å²) in [7, 11) is -2.63. The fourth-order valence-electron chi connectivity index (χ4n) is 3.05. The molecule has 1 aromatic heterocycles. The van der Waals surface area contributed by atoms with Crippen molar-refractivity contribution in [3.63, 3.8) is 0 Å². The molecule has 0 atom stereocenters. The van der Waals surface area contributed by atoms with E-state index in [9.17, 15) is 13.2 Å². The molecule has 0 aliphatic carbocycles. The summed E-state index contributed by atoms with van der Waals surface area (Å²) in [5.41, 5.74) is 3.04. The van der Waals surface area contributed by atoms with Gasteiger partial charge in [0.05, 0.1) is 18.1 Å². The number of methoxy groups -OCH3 is 1. The Morgan fingerprint density at radius 3 is 2.48 bits per heavy atom. The maximum atomic E-state index is 13.0. The lowest BCUT2D eigenvalue weighted by atomic mass is 10.2. The minimum Gasteiger partial charge on any atom is -0.495 e. The average Bonchev–Trinajstić information content (AvgIpc) is 3.17. The molecule has 0 aliphatic heterocycles. The number of hydrogen-bond donors (Lipinski definition) is 3. The summed E-state index contributed by atoms with van der Waals surface area (Å²) in [6.45, 7) is 1.91. The molecule has 158 valence electrons. The minimum atomic E-state index is -4.00. The predicted octanol–water partition coefficient (Wildman–Crippen LogP) is 3.93. The number of H-pyrrole nitrogens is 1. The van der Waals surface area contributed by atoms with Gasteiger partial charge in [-0.1, -0.05) is 29.8 Å². The van der Waals surface area contributed by atoms with Gasteiger partial charge in [-0.15, -0.1) is 0 Å². The van der Waals surface area contributed by atoms with Gasteiger partial charge in [-0.3, -0.25) is 14.8 Å². The van der Waals surface area contributed by atoms with Crippen LogP contribution in [-0.4, -0.2) is 31.4 Å². The topological polar surface area (TPSA) is 113 Å². The Morgan fingerprint density at radius 2 is 1.77 bits per heavy atom. The number of aryl methyl sites for hydroxylation is 1. The second kappa shape index (κ2) is 8.11. The minimum absolute atomic E-state index is 0.125. The number of ether oxygens (including phenoxy) is 1. The number of carbonyl (C=O) groups is 1. The largest absolute Gasteiger partial charge is 0.495 e. The lowest BCUT2D eigenvalue weighted by Crippen LogP contribution is -2.17. The molecule has 0 aliphatic rings. The third-order valence-electron chi connectivity index (χ3n) is 4.64. The summed E-state index contributed by atoms with van der Waals surface area (Å²) in [5, 5.41) is 2.66. The molecular formula is C22H20N4O4S. The quantitative estimate of drug-likeness (QED) is 0.424. The number of carbonyl (C=O) groups excluding carboxylic acids is 1. The zero-order valence-electron chi connectivity index (χ0n) is 16.8. The first-order valence-electron chi connectivity index (χ1n) is 9.39. The van der Waals surface area contributed by atoms with Gasteiger partial charge in [0, 0.05) is 11.3 Å². The molecule has 8 nitrogen and oxygen atoms in total. The molecule has 1 heterocycles. The zero-order valence-corrected chi connectivity index (χ0v) is 17.7. The number of amides is 1. The number of benzene rings is 3. The number of nitrogens with one attached hydrogen (secondary N) is 3. The molecular weight excluding hydrogens is 416 g/mol. The third kappa shape index (κ3) is 4.36. The highest BCUT2D eigenvalue weighted by Gasteiger charge is 2.22. The number of aromatic amines is 1. The number of hydrogen-bond acceptors (Lipinski definition) is 5. The van der Waals surface area contributed by atoms with Gasteiger partial charge in [-0.2, -0.15) is 0 Å². The van der Waals surface area contributed by atoms with E-state index in [4.69, 9.17) is 4.74 Å². The van der Waals surface area contributed by atoms with Crippen LogP contribution in [0.4, 0.5) is 11.6 Å². The van der Waals surface area contributed by atoms with Crippen LogP contribution in [0.3, 0.4) is 0 Å². The number of para-hydroxylation sites is 2. The van der Waals surface area contributed by atoms with E-state index in [2.05, 4.69) is 20.0 Å². The molecule has 0 saturated heterocycles. The molecule has 3 aromatic carbocycles. The van der Waals surface area contributed by atoms with Crippen molar-refractivity contribution in [2.45, 2.75) is 11.8 Å². The van der Waals surface area contributed by atoms with E-state index in [1.165, 1.54) is 25.3 Å². The highest BCUT2D eigenvalue weighted by molar-refractivity contribution is 7.92. The molecule has 0 saturated carbocycles. The van der Waals surface area contributed by atoms with Crippen molar-refractivity contribution in [2.75, 3.05) is 17.1 Å². The van der Waals surface area contributed by atoms with E-state index >= 15 is 0 Å². The average molecular weight is 436 g/mol. The first-order valence-corrected chi connectivity index (χ1v) is 10.9. The van der Waals surface area contributed by atoms with Crippen molar-refractivity contribution in [1.82, 2.24) is 9.97 Å². The van der Waals surface area contributed by atoms with Gasteiger partial charge in [0.25, 0.3) is 15.9 Å². The number of aromatic nitrogens is 2. The van der Waals surface area contributed by atoms with E-state index < -0.39 is 15.9 Å². The Hall–Kier alpha value is -3.85. The van der Waals surface area contributed by atoms with Crippen LogP contribution >= 0.6 is 0 Å². The van der Waals surface area contributed by atoms with Crippen molar-refractivity contribution in [1.29, 1.82) is 0 Å². The van der Waals surface area contributed by atoms with Crippen LogP contribution in [-0.2, 0) is 10.0 Å². The fourth-order valence-corrected chi connectivity index (χ4v) is 4.31. The molecule has 31 heavy (non-hydrogen) atoms. The zero-order chi connectivity index (χ0) is 22.0. The van der Waals surface area contributed by atoms with Crippen LogP contribution < -0.4 is 14.8 Å². The van der Waals surface area contributed by atoms with Crippen molar-refractivity contribution in [2.24, 2.45) is 0 Å². The van der Waals surface area contributed by atoms with Crippen LogP contribution in [0.2, 0.25) is 0 Å². The predicted molar refractivity (Wildman–Crippen MR) is 119 cm³/mol. The summed E-state index contributed by atoms with van der Waals surface area (Å²) in [5.74, 6) is -0.113. The van der Waals surface area contributed by atoms with Crippen LogP contribution in [0.25, 0.3) is 11.0 Å². The Bertz CT molecular complexity index is 1330. The maximum absolute atomic E-state index is 13.0. The molecule has 0 unspecified atom stereocenters. The fraction of sp³-hybridized carbons (Fsp3) is 0.0909. The van der Waals surface area contributed by atoms with Gasteiger partial charge in [-0.05, 0) is 49.4 Å². The number of imidazole rings is 1. The third-order valence-corrected chi connectivity index (χ3v) is 6.04. The van der Waals surface area contributed by atoms with E-state index in [1.807, 2.05) is 31.2 Å². The standard InChI is InChI=1S/C22H20N4O4S/c1-14-7-10-16(11-8-14)26-31(28,29)20-13-15(9-12-19(20)30-2)21(27)25-22-23-17-5-3-4-6-18(17)24-22/h3-13,26H,1-2H3,(H2,23,24,25,27). The summed E-state index contributed by atoms with van der Waals surface area (Å²) >= 11 is 0. The van der Waals surface area contributed by atoms with Crippen LogP contribution in [0, 0.1) is 6.92 Å². The Morgan fingerprint density at radius 1 is 1.03 bits per heavy atom. The van der Waals surface area contributed by atoms with Crippen LogP contribution in [0.5, 0.6) is 5.75 Å². The molecule has 4 rings (SSSR count). The molecule has 0 spiro atoms. The lowest BCUT2D eigenvalue weighted by molar-refractivity contribution is 0.102. The van der Waals surface area contributed by atoms with E-state index in [0.29, 0.717) is 11.2 Å². The summed E-state index contributed by atoms with van der Waals surface area (Å²) in [6.07, 6.45) is 0. The van der Waals surface area contributed by atoms with E-state index in [-0.39, 0.29) is 22.2 Å². The SMILES string of the molecule is COc1ccc(C(=O)Nc2nc3ccccc3[nH]2)cc1S(=O)(=O)Nc1ccc(C)cc1. The summed E-state index contributed by atoms with van der Waals surface area (Å²) in [4.78, 5) is 19.9. The molecule has 0 bridgehead atoms. The van der Waals surface area contributed by atoms with Crippen LogP contribution in [0.1, 0.15) is 15.9 Å². The molecule has 9 heteroatoms. The number of sulfonamides is 1. The van der Waals surface area contributed by atoms with Gasteiger partial charge in [0.15, 0.2) is 0 Å². The number of nitrogens with zero attached hydrogens (tertiary/aromatic N) is 1. The Labute approximate surface area is 179 Å². The summed E-state index contributed by atoms with van der Waals surface area (Å²) in [6, 6.07) is 18.5. The molecule has 3 N–H and O–H groups in total. The van der Waals surface area contributed by atoms with Crippen molar-refractivity contribution < 1.29 is 17.9 Å². The number of rotatable bonds is 6. The maximum Gasteiger partial charge on any atom is 0.265 e. The highest BCUT2D eigenvalue weighted by Crippen LogP contribution is 2.27. The van der Waals surface area contributed by atoms with Crippen molar-refractivity contribution in [3.8, 4) is 5.75 Å². The van der Waals surface area contributed by atoms with Crippen molar-refractivity contribution in [3.05, 3.63) is 77.9 Å². The van der Waals surface area contributed by atoms with E-state index in [0.717, 1.165) is 11.1 Å². The van der Waals surface area contributed by atoms with Crippen LogP contribution in [0.15, 0.2) is 71.6 Å². The number of anilines is 2. The summed E-state index contributed by atoms with van der Waals surface area (Å²) < 4.78 is 33.7. The molecule has 0 fully saturated rings. The second-order valence-corrected chi connectivity index (χ2v) is 8.54. The normalized spacial score (nSPS) is 11.3. The van der Waals surface area contributed by atoms with Crippen molar-refractivity contribution >= 4 is 38.6 Å². The van der Waals surface area contributed by atoms with E-state index in [1.54, 1.807) is 24.3 Å². The van der Waals surface area contributed by atoms with Gasteiger partial charge >= 0.3 is 0 Å². The highest BCUT2D eigenvalue weighted by atomic mass is 32.2. The molecule has 1 amide bonds. The van der Waals surface area contributed by atoms with Gasteiger partial charge in [0.2, 0.25) is 5.95 Å². The number of fused-ring (bicyclic) bond motifs is 1. The lowest BCUT2D eigenvalue weighted by Gasteiger charge is -2.13. The first kappa shape index (κ1) is 20.4. The van der Waals surface area contributed by atoms with Gasteiger partial charge in [0.1, 0.15) is 10.6 Å². The monoisotopic (exact) mass is 436 g/mol. The Kier molecular flexibility index (Phi) is 5.35. The molecule has 4 aromatic rings. The second-order valence-electron chi connectivity index (χ2n) is 6.89. The smallest absolute Gasteiger partial charge is 0.265 e.